The van der Waals surface area contributed by atoms with Crippen molar-refractivity contribution in [2.45, 2.75) is 438 Å². The Balaban J connectivity index is 1.70. The SMILES string of the molecule is CCCCCCCCCCCCCCCCCCCCCCCCCCCCCCCCCCc1ccc(CCCCCCCCCCCCCCCCCCCCCCCCCCCCCCCCCC)cc1. The molecule has 0 radical (unpaired) electrons. The fourth-order valence-electron chi connectivity index (χ4n) is 12.3. The summed E-state index contributed by atoms with van der Waals surface area (Å²) in [5.41, 5.74) is 3.12. The third kappa shape index (κ3) is 58.9. The lowest BCUT2D eigenvalue weighted by atomic mass is 10.0. The molecule has 0 nitrogen and oxygen atoms in total. The van der Waals surface area contributed by atoms with Crippen LogP contribution in [0.4, 0.5) is 0 Å². The van der Waals surface area contributed by atoms with Crippen molar-refractivity contribution in [2.75, 3.05) is 0 Å². The topological polar surface area (TPSA) is 0 Å². The van der Waals surface area contributed by atoms with Gasteiger partial charge in [0.25, 0.3) is 0 Å². The Morgan fingerprint density at radius 2 is 0.230 bits per heavy atom. The largest absolute Gasteiger partial charge is 0.0654 e. The average molecular weight is 1030 g/mol. The van der Waals surface area contributed by atoms with E-state index < -0.39 is 0 Å². The van der Waals surface area contributed by atoms with E-state index in [0.717, 1.165) is 0 Å². The summed E-state index contributed by atoms with van der Waals surface area (Å²) in [6, 6.07) is 9.73. The van der Waals surface area contributed by atoms with E-state index in [0.29, 0.717) is 0 Å². The molecule has 0 aliphatic rings. The van der Waals surface area contributed by atoms with Gasteiger partial charge < -0.3 is 0 Å². The van der Waals surface area contributed by atoms with Crippen molar-refractivity contribution in [1.82, 2.24) is 0 Å². The Hall–Kier alpha value is -0.780. The van der Waals surface area contributed by atoms with E-state index in [2.05, 4.69) is 38.1 Å². The molecule has 0 unspecified atom stereocenters. The molecular weight excluding hydrogens is 889 g/mol. The van der Waals surface area contributed by atoms with Gasteiger partial charge in [-0.15, -0.1) is 0 Å². The first kappa shape index (κ1) is 71.2. The molecule has 1 rings (SSSR count). The Bertz CT molecular complexity index is 1010. The summed E-state index contributed by atoms with van der Waals surface area (Å²) < 4.78 is 0. The lowest BCUT2D eigenvalue weighted by Gasteiger charge is -2.06. The summed E-state index contributed by atoms with van der Waals surface area (Å²) in [5.74, 6) is 0. The average Bonchev–Trinajstić information content (AvgIpc) is 3.42. The molecule has 1 aromatic rings. The number of hydrogen-bond donors (Lipinski definition) is 0. The van der Waals surface area contributed by atoms with Gasteiger partial charge in [0.2, 0.25) is 0 Å². The highest BCUT2D eigenvalue weighted by Crippen LogP contribution is 2.21. The first-order valence-electron chi connectivity index (χ1n) is 35.9. The van der Waals surface area contributed by atoms with Gasteiger partial charge in [0.1, 0.15) is 0 Å². The second kappa shape index (κ2) is 64.7. The standard InChI is InChI=1S/C74H142/c1-3-5-7-9-11-13-15-17-19-21-23-25-27-29-31-33-35-37-39-41-43-45-47-49-51-53-55-57-59-61-63-65-67-73-69-71-74(72-70-73)68-66-64-62-60-58-56-54-52-50-48-46-44-42-40-38-36-34-32-30-28-26-24-22-20-18-16-14-12-10-8-6-4-2/h69-72H,3-68H2,1-2H3. The third-order valence-electron chi connectivity index (χ3n) is 17.7. The van der Waals surface area contributed by atoms with Gasteiger partial charge in [-0.2, -0.15) is 0 Å². The van der Waals surface area contributed by atoms with Crippen LogP contribution in [-0.2, 0) is 12.8 Å². The Kier molecular flexibility index (Phi) is 62.3. The molecule has 438 valence electrons. The van der Waals surface area contributed by atoms with Gasteiger partial charge in [0.15, 0.2) is 0 Å². The maximum absolute atomic E-state index is 2.43. The molecule has 0 N–H and O–H groups in total. The molecule has 0 heteroatoms. The van der Waals surface area contributed by atoms with E-state index in [1.54, 1.807) is 11.1 Å². The van der Waals surface area contributed by atoms with Crippen LogP contribution in [0.15, 0.2) is 24.3 Å². The van der Waals surface area contributed by atoms with Crippen molar-refractivity contribution in [1.29, 1.82) is 0 Å². The molecule has 0 aliphatic carbocycles. The quantitative estimate of drug-likeness (QED) is 0.0571. The highest BCUT2D eigenvalue weighted by molar-refractivity contribution is 5.22. The van der Waals surface area contributed by atoms with Crippen LogP contribution in [0.1, 0.15) is 436 Å². The number of rotatable bonds is 66. The summed E-state index contributed by atoms with van der Waals surface area (Å²) in [6.45, 7) is 4.63. The van der Waals surface area contributed by atoms with Crippen molar-refractivity contribution < 1.29 is 0 Å². The fourth-order valence-corrected chi connectivity index (χ4v) is 12.3. The van der Waals surface area contributed by atoms with E-state index in [1.165, 1.54) is 424 Å². The molecule has 0 bridgehead atoms. The predicted octanol–water partition coefficient (Wildman–Crippen LogP) is 27.8. The Morgan fingerprint density at radius 1 is 0.135 bits per heavy atom. The van der Waals surface area contributed by atoms with Crippen LogP contribution >= 0.6 is 0 Å². The minimum Gasteiger partial charge on any atom is -0.0654 e. The summed E-state index contributed by atoms with van der Waals surface area (Å²) in [4.78, 5) is 0. The van der Waals surface area contributed by atoms with Crippen LogP contribution in [0.2, 0.25) is 0 Å². The lowest BCUT2D eigenvalue weighted by Crippen LogP contribution is -1.90. The van der Waals surface area contributed by atoms with Crippen LogP contribution in [-0.4, -0.2) is 0 Å². The highest BCUT2D eigenvalue weighted by atomic mass is 14.1. The van der Waals surface area contributed by atoms with Gasteiger partial charge in [-0.25, -0.2) is 0 Å². The van der Waals surface area contributed by atoms with Crippen molar-refractivity contribution in [3.63, 3.8) is 0 Å². The molecule has 1 aromatic carbocycles. The molecule has 0 atom stereocenters. The van der Waals surface area contributed by atoms with E-state index >= 15 is 0 Å². The lowest BCUT2D eigenvalue weighted by molar-refractivity contribution is 0.512. The van der Waals surface area contributed by atoms with Crippen molar-refractivity contribution in [2.24, 2.45) is 0 Å². The van der Waals surface area contributed by atoms with Gasteiger partial charge >= 0.3 is 0 Å². The van der Waals surface area contributed by atoms with Crippen LogP contribution in [0.5, 0.6) is 0 Å². The zero-order valence-corrected chi connectivity index (χ0v) is 52.0. The second-order valence-electron chi connectivity index (χ2n) is 25.2. The first-order valence-corrected chi connectivity index (χ1v) is 35.9. The maximum atomic E-state index is 2.43. The molecule has 0 aromatic heterocycles. The van der Waals surface area contributed by atoms with Gasteiger partial charge in [-0.1, -0.05) is 436 Å². The molecule has 0 amide bonds. The Morgan fingerprint density at radius 3 is 0.338 bits per heavy atom. The van der Waals surface area contributed by atoms with Gasteiger partial charge in [-0.3, -0.25) is 0 Å². The van der Waals surface area contributed by atoms with Gasteiger partial charge in [0, 0.05) is 0 Å². The number of benzene rings is 1. The van der Waals surface area contributed by atoms with Gasteiger partial charge in [0.05, 0.1) is 0 Å². The minimum absolute atomic E-state index is 1.28. The van der Waals surface area contributed by atoms with Crippen LogP contribution in [0.3, 0.4) is 0 Å². The van der Waals surface area contributed by atoms with Crippen LogP contribution in [0.25, 0.3) is 0 Å². The third-order valence-corrected chi connectivity index (χ3v) is 17.7. The fraction of sp³-hybridized carbons (Fsp3) is 0.919. The summed E-state index contributed by atoms with van der Waals surface area (Å²) >= 11 is 0. The maximum Gasteiger partial charge on any atom is -0.0279 e. The number of unbranched alkanes of at least 4 members (excludes halogenated alkanes) is 62. The Labute approximate surface area is 470 Å². The molecule has 0 heterocycles. The molecule has 0 saturated carbocycles. The van der Waals surface area contributed by atoms with E-state index in [9.17, 15) is 0 Å². The highest BCUT2D eigenvalue weighted by Gasteiger charge is 2.02. The molecule has 0 spiro atoms. The van der Waals surface area contributed by atoms with E-state index in [-0.39, 0.29) is 0 Å². The smallest absolute Gasteiger partial charge is 0.0279 e. The molecule has 0 aliphatic heterocycles. The molecule has 0 fully saturated rings. The summed E-state index contributed by atoms with van der Waals surface area (Å²) in [5, 5.41) is 0. The van der Waals surface area contributed by atoms with Crippen molar-refractivity contribution >= 4 is 0 Å². The number of aryl methyl sites for hydroxylation is 2. The minimum atomic E-state index is 1.28. The molecule has 0 saturated heterocycles. The summed E-state index contributed by atoms with van der Waals surface area (Å²) in [6.07, 6.45) is 96.9. The van der Waals surface area contributed by atoms with Crippen LogP contribution < -0.4 is 0 Å². The van der Waals surface area contributed by atoms with E-state index in [4.69, 9.17) is 0 Å². The summed E-state index contributed by atoms with van der Waals surface area (Å²) in [7, 11) is 0. The zero-order chi connectivity index (χ0) is 52.7. The zero-order valence-electron chi connectivity index (χ0n) is 52.0. The van der Waals surface area contributed by atoms with Crippen molar-refractivity contribution in [3.8, 4) is 0 Å². The monoisotopic (exact) mass is 1030 g/mol. The van der Waals surface area contributed by atoms with Crippen LogP contribution in [0, 0.1) is 0 Å². The first-order chi connectivity index (χ1) is 36.9. The number of hydrogen-bond acceptors (Lipinski definition) is 0. The van der Waals surface area contributed by atoms with E-state index in [1.807, 2.05) is 0 Å². The predicted molar refractivity (Wildman–Crippen MR) is 341 cm³/mol. The second-order valence-corrected chi connectivity index (χ2v) is 25.2. The normalized spacial score (nSPS) is 11.7. The molecular formula is C74H142. The van der Waals surface area contributed by atoms with Gasteiger partial charge in [-0.05, 0) is 36.8 Å². The van der Waals surface area contributed by atoms with Crippen molar-refractivity contribution in [3.05, 3.63) is 35.4 Å². The molecule has 74 heavy (non-hydrogen) atoms.